The van der Waals surface area contributed by atoms with E-state index in [0.717, 1.165) is 13.0 Å². The van der Waals surface area contributed by atoms with Crippen molar-refractivity contribution in [2.45, 2.75) is 32.2 Å². The van der Waals surface area contributed by atoms with Gasteiger partial charge in [-0.25, -0.2) is 4.79 Å². The summed E-state index contributed by atoms with van der Waals surface area (Å²) < 4.78 is 0. The Morgan fingerprint density at radius 1 is 1.20 bits per heavy atom. The van der Waals surface area contributed by atoms with Crippen molar-refractivity contribution in [3.05, 3.63) is 35.4 Å². The van der Waals surface area contributed by atoms with Gasteiger partial charge in [-0.15, -0.1) is 0 Å². The molecule has 0 spiro atoms. The van der Waals surface area contributed by atoms with Gasteiger partial charge >= 0.3 is 12.0 Å². The monoisotopic (exact) mass is 276 g/mol. The molecule has 5 heteroatoms. The van der Waals surface area contributed by atoms with E-state index in [-0.39, 0.29) is 12.5 Å². The zero-order chi connectivity index (χ0) is 14.4. The van der Waals surface area contributed by atoms with Gasteiger partial charge in [-0.3, -0.25) is 4.79 Å². The first-order valence-corrected chi connectivity index (χ1v) is 6.98. The van der Waals surface area contributed by atoms with E-state index in [4.69, 9.17) is 5.11 Å². The Bertz CT molecular complexity index is 488. The Labute approximate surface area is 118 Å². The molecule has 0 saturated carbocycles. The highest BCUT2D eigenvalue weighted by Gasteiger charge is 2.19. The minimum atomic E-state index is -0.788. The fraction of sp³-hybridized carbons (Fsp3) is 0.467. The fourth-order valence-corrected chi connectivity index (χ4v) is 2.38. The molecule has 1 heterocycles. The third-order valence-corrected chi connectivity index (χ3v) is 3.51. The highest BCUT2D eigenvalue weighted by molar-refractivity contribution is 5.74. The number of carboxylic acid groups (broad SMARTS) is 1. The van der Waals surface area contributed by atoms with Crippen molar-refractivity contribution in [2.24, 2.45) is 0 Å². The molecular weight excluding hydrogens is 256 g/mol. The van der Waals surface area contributed by atoms with Crippen molar-refractivity contribution in [1.82, 2.24) is 10.2 Å². The van der Waals surface area contributed by atoms with Gasteiger partial charge in [0.25, 0.3) is 0 Å². The van der Waals surface area contributed by atoms with E-state index in [2.05, 4.69) is 17.4 Å². The second-order valence-electron chi connectivity index (χ2n) is 5.02. The normalized spacial score (nSPS) is 13.7. The average molecular weight is 276 g/mol. The minimum Gasteiger partial charge on any atom is -0.481 e. The fourth-order valence-electron chi connectivity index (χ4n) is 2.38. The topological polar surface area (TPSA) is 69.6 Å². The van der Waals surface area contributed by atoms with Gasteiger partial charge in [0.1, 0.15) is 0 Å². The first-order chi connectivity index (χ1) is 9.66. The molecule has 1 aliphatic rings. The molecule has 0 radical (unpaired) electrons. The quantitative estimate of drug-likeness (QED) is 0.808. The third-order valence-electron chi connectivity index (χ3n) is 3.51. The molecule has 1 aliphatic heterocycles. The summed E-state index contributed by atoms with van der Waals surface area (Å²) in [6.07, 6.45) is 2.34. The molecule has 1 aromatic rings. The van der Waals surface area contributed by atoms with Gasteiger partial charge in [0.2, 0.25) is 0 Å². The van der Waals surface area contributed by atoms with Crippen LogP contribution in [0, 0.1) is 0 Å². The molecule has 0 aromatic heterocycles. The van der Waals surface area contributed by atoms with E-state index in [9.17, 15) is 9.59 Å². The van der Waals surface area contributed by atoms with Crippen LogP contribution < -0.4 is 5.32 Å². The van der Waals surface area contributed by atoms with Crippen molar-refractivity contribution in [1.29, 1.82) is 0 Å². The molecule has 2 rings (SSSR count). The summed E-state index contributed by atoms with van der Waals surface area (Å²) in [5, 5.41) is 11.4. The molecule has 0 unspecified atom stereocenters. The number of hydrogen-bond acceptors (Lipinski definition) is 2. The van der Waals surface area contributed by atoms with Gasteiger partial charge in [-0.05, 0) is 30.4 Å². The van der Waals surface area contributed by atoms with Crippen LogP contribution in [-0.2, 0) is 17.8 Å². The number of carbonyl (C=O) groups excluding carboxylic acids is 1. The summed E-state index contributed by atoms with van der Waals surface area (Å²) >= 11 is 0. The Kier molecular flexibility index (Phi) is 4.98. The minimum absolute atomic E-state index is 0.0603. The summed E-state index contributed by atoms with van der Waals surface area (Å²) in [5.74, 6) is -0.788. The second-order valence-corrected chi connectivity index (χ2v) is 5.02. The Morgan fingerprint density at radius 2 is 1.95 bits per heavy atom. The lowest BCUT2D eigenvalue weighted by Gasteiger charge is -2.28. The smallest absolute Gasteiger partial charge is 0.317 e. The molecular formula is C15H20N2O3. The van der Waals surface area contributed by atoms with Gasteiger partial charge in [0.05, 0.1) is 0 Å². The van der Waals surface area contributed by atoms with Crippen molar-refractivity contribution < 1.29 is 14.7 Å². The van der Waals surface area contributed by atoms with Crippen molar-refractivity contribution in [3.63, 3.8) is 0 Å². The van der Waals surface area contributed by atoms with E-state index in [1.807, 2.05) is 12.1 Å². The lowest BCUT2D eigenvalue weighted by Crippen LogP contribution is -2.43. The number of unbranched alkanes of at least 4 members (excludes halogenated alkanes) is 1. The van der Waals surface area contributed by atoms with Crippen LogP contribution in [-0.4, -0.2) is 35.1 Å². The molecule has 5 nitrogen and oxygen atoms in total. The number of nitrogens with one attached hydrogen (secondary N) is 1. The maximum atomic E-state index is 12.0. The Morgan fingerprint density at radius 3 is 2.70 bits per heavy atom. The van der Waals surface area contributed by atoms with Crippen LogP contribution in [0.2, 0.25) is 0 Å². The lowest BCUT2D eigenvalue weighted by molar-refractivity contribution is -0.137. The summed E-state index contributed by atoms with van der Waals surface area (Å²) in [5.41, 5.74) is 2.53. The number of carboxylic acids is 1. The van der Waals surface area contributed by atoms with E-state index in [1.54, 1.807) is 4.90 Å². The maximum Gasteiger partial charge on any atom is 0.317 e. The number of benzene rings is 1. The molecule has 108 valence electrons. The van der Waals surface area contributed by atoms with Crippen molar-refractivity contribution >= 4 is 12.0 Å². The van der Waals surface area contributed by atoms with E-state index >= 15 is 0 Å². The summed E-state index contributed by atoms with van der Waals surface area (Å²) in [7, 11) is 0. The standard InChI is InChI=1S/C15H20N2O3/c18-14(19)7-3-4-9-16-15(20)17-10-8-12-5-1-2-6-13(12)11-17/h1-2,5-6H,3-4,7-11H2,(H,16,20)(H,18,19). The van der Waals surface area contributed by atoms with Crippen molar-refractivity contribution in [2.75, 3.05) is 13.1 Å². The molecule has 0 bridgehead atoms. The number of carbonyl (C=O) groups is 2. The van der Waals surface area contributed by atoms with Gasteiger partial charge in [-0.2, -0.15) is 0 Å². The number of fused-ring (bicyclic) bond motifs is 1. The summed E-state index contributed by atoms with van der Waals surface area (Å²) in [6, 6.07) is 8.12. The van der Waals surface area contributed by atoms with Crippen LogP contribution in [0.5, 0.6) is 0 Å². The first-order valence-electron chi connectivity index (χ1n) is 6.98. The summed E-state index contributed by atoms with van der Waals surface area (Å²) in [4.78, 5) is 24.2. The Hall–Kier alpha value is -2.04. The Balaban J connectivity index is 1.73. The predicted molar refractivity (Wildman–Crippen MR) is 75.4 cm³/mol. The van der Waals surface area contributed by atoms with E-state index in [0.29, 0.717) is 25.9 Å². The molecule has 0 saturated heterocycles. The average Bonchev–Trinajstić information content (AvgIpc) is 2.46. The molecule has 2 amide bonds. The zero-order valence-corrected chi connectivity index (χ0v) is 11.5. The number of nitrogens with zero attached hydrogens (tertiary/aromatic N) is 1. The van der Waals surface area contributed by atoms with Gasteiger partial charge in [0, 0.05) is 26.1 Å². The van der Waals surface area contributed by atoms with Gasteiger partial charge in [0.15, 0.2) is 0 Å². The van der Waals surface area contributed by atoms with Gasteiger partial charge in [-0.1, -0.05) is 24.3 Å². The summed E-state index contributed by atoms with van der Waals surface area (Å²) in [6.45, 7) is 1.92. The van der Waals surface area contributed by atoms with Crippen LogP contribution in [0.25, 0.3) is 0 Å². The zero-order valence-electron chi connectivity index (χ0n) is 11.5. The van der Waals surface area contributed by atoms with Crippen LogP contribution in [0.15, 0.2) is 24.3 Å². The largest absolute Gasteiger partial charge is 0.481 e. The lowest BCUT2D eigenvalue weighted by atomic mass is 10.0. The molecule has 0 atom stereocenters. The molecule has 1 aromatic carbocycles. The second kappa shape index (κ2) is 6.93. The molecule has 20 heavy (non-hydrogen) atoms. The van der Waals surface area contributed by atoms with Crippen molar-refractivity contribution in [3.8, 4) is 0 Å². The number of rotatable bonds is 5. The predicted octanol–water partition coefficient (Wildman–Crippen LogP) is 2.01. The van der Waals surface area contributed by atoms with E-state index < -0.39 is 5.97 Å². The molecule has 0 aliphatic carbocycles. The number of aliphatic carboxylic acids is 1. The number of hydrogen-bond donors (Lipinski definition) is 2. The van der Waals surface area contributed by atoms with E-state index in [1.165, 1.54) is 11.1 Å². The van der Waals surface area contributed by atoms with Crippen LogP contribution in [0.3, 0.4) is 0 Å². The number of amides is 2. The maximum absolute atomic E-state index is 12.0. The SMILES string of the molecule is O=C(O)CCCCNC(=O)N1CCc2ccccc2C1. The van der Waals surface area contributed by atoms with Crippen LogP contribution in [0.1, 0.15) is 30.4 Å². The third kappa shape index (κ3) is 3.98. The van der Waals surface area contributed by atoms with Gasteiger partial charge < -0.3 is 15.3 Å². The molecule has 0 fully saturated rings. The highest BCUT2D eigenvalue weighted by Crippen LogP contribution is 2.18. The van der Waals surface area contributed by atoms with Crippen LogP contribution >= 0.6 is 0 Å². The van der Waals surface area contributed by atoms with Crippen LogP contribution in [0.4, 0.5) is 4.79 Å². The highest BCUT2D eigenvalue weighted by atomic mass is 16.4. The molecule has 2 N–H and O–H groups in total. The first kappa shape index (κ1) is 14.4. The number of urea groups is 1.